The van der Waals surface area contributed by atoms with Gasteiger partial charge in [-0.1, -0.05) is 22.0 Å². The highest BCUT2D eigenvalue weighted by molar-refractivity contribution is 9.10. The quantitative estimate of drug-likeness (QED) is 0.673. The van der Waals surface area contributed by atoms with E-state index in [0.717, 1.165) is 32.9 Å². The molecule has 0 saturated carbocycles. The third kappa shape index (κ3) is 4.29. The number of anilines is 3. The molecular weight excluding hydrogens is 366 g/mol. The van der Waals surface area contributed by atoms with E-state index in [-0.39, 0.29) is 0 Å². The van der Waals surface area contributed by atoms with Gasteiger partial charge in [-0.3, -0.25) is 4.98 Å². The fourth-order valence-corrected chi connectivity index (χ4v) is 2.50. The summed E-state index contributed by atoms with van der Waals surface area (Å²) < 4.78 is 1.08. The Morgan fingerprint density at radius 1 is 1.04 bits per heavy atom. The largest absolute Gasteiger partial charge is 0.364 e. The van der Waals surface area contributed by atoms with E-state index in [4.69, 9.17) is 0 Å². The van der Waals surface area contributed by atoms with Crippen molar-refractivity contribution < 1.29 is 0 Å². The number of rotatable bonds is 5. The molecule has 0 bridgehead atoms. The molecule has 0 amide bonds. The molecule has 6 heteroatoms. The first-order valence-electron chi connectivity index (χ1n) is 7.63. The third-order valence-electron chi connectivity index (χ3n) is 3.45. The maximum atomic E-state index is 4.52. The standard InChI is InChI=1S/C18H18BrN5/c1-12-9-14(6-7-16(12)19)23-18-22-13(2)10-17(24-18)21-11-15-5-3-4-8-20-15/h3-10H,11H2,1-2H3,(H2,21,22,23,24). The lowest BCUT2D eigenvalue weighted by Gasteiger charge is -2.10. The molecule has 24 heavy (non-hydrogen) atoms. The SMILES string of the molecule is Cc1cc(NCc2ccccn2)nc(Nc2ccc(Br)c(C)c2)n1. The van der Waals surface area contributed by atoms with Gasteiger partial charge in [0.2, 0.25) is 5.95 Å². The van der Waals surface area contributed by atoms with Gasteiger partial charge in [-0.05, 0) is 49.7 Å². The molecule has 122 valence electrons. The number of nitrogens with one attached hydrogen (secondary N) is 2. The molecule has 2 aromatic heterocycles. The van der Waals surface area contributed by atoms with Crippen LogP contribution >= 0.6 is 15.9 Å². The van der Waals surface area contributed by atoms with Gasteiger partial charge in [-0.2, -0.15) is 4.98 Å². The summed E-state index contributed by atoms with van der Waals surface area (Å²) in [6.07, 6.45) is 1.78. The van der Waals surface area contributed by atoms with Crippen molar-refractivity contribution in [2.45, 2.75) is 20.4 Å². The maximum absolute atomic E-state index is 4.52. The molecule has 0 fully saturated rings. The van der Waals surface area contributed by atoms with Crippen molar-refractivity contribution in [2.24, 2.45) is 0 Å². The van der Waals surface area contributed by atoms with Gasteiger partial charge in [0.25, 0.3) is 0 Å². The van der Waals surface area contributed by atoms with E-state index >= 15 is 0 Å². The number of halogens is 1. The second-order valence-corrected chi connectivity index (χ2v) is 6.34. The highest BCUT2D eigenvalue weighted by Gasteiger charge is 2.04. The van der Waals surface area contributed by atoms with E-state index in [0.29, 0.717) is 12.5 Å². The van der Waals surface area contributed by atoms with Gasteiger partial charge in [0.05, 0.1) is 12.2 Å². The second kappa shape index (κ2) is 7.40. The van der Waals surface area contributed by atoms with Gasteiger partial charge in [0, 0.05) is 28.1 Å². The lowest BCUT2D eigenvalue weighted by molar-refractivity contribution is 1.01. The smallest absolute Gasteiger partial charge is 0.229 e. The van der Waals surface area contributed by atoms with Crippen LogP contribution in [0.1, 0.15) is 17.0 Å². The van der Waals surface area contributed by atoms with Crippen LogP contribution in [0.4, 0.5) is 17.5 Å². The van der Waals surface area contributed by atoms with Crippen LogP contribution in [0.25, 0.3) is 0 Å². The van der Waals surface area contributed by atoms with Gasteiger partial charge in [-0.15, -0.1) is 0 Å². The highest BCUT2D eigenvalue weighted by Crippen LogP contribution is 2.22. The molecule has 0 radical (unpaired) electrons. The predicted molar refractivity (Wildman–Crippen MR) is 100 cm³/mol. The molecule has 2 N–H and O–H groups in total. The first-order valence-corrected chi connectivity index (χ1v) is 8.42. The Hall–Kier alpha value is -2.47. The zero-order valence-corrected chi connectivity index (χ0v) is 15.1. The fourth-order valence-electron chi connectivity index (χ4n) is 2.25. The summed E-state index contributed by atoms with van der Waals surface area (Å²) in [5.74, 6) is 1.34. The first-order chi connectivity index (χ1) is 11.6. The van der Waals surface area contributed by atoms with Crippen LogP contribution in [0.5, 0.6) is 0 Å². The van der Waals surface area contributed by atoms with Crippen LogP contribution in [0.2, 0.25) is 0 Å². The van der Waals surface area contributed by atoms with Crippen molar-refractivity contribution in [3.63, 3.8) is 0 Å². The highest BCUT2D eigenvalue weighted by atomic mass is 79.9. The number of hydrogen-bond donors (Lipinski definition) is 2. The minimum atomic E-state index is 0.570. The summed E-state index contributed by atoms with van der Waals surface area (Å²) in [6.45, 7) is 4.62. The summed E-state index contributed by atoms with van der Waals surface area (Å²) in [7, 11) is 0. The molecule has 3 aromatic rings. The van der Waals surface area contributed by atoms with Crippen molar-refractivity contribution in [3.05, 3.63) is 70.1 Å². The minimum Gasteiger partial charge on any atom is -0.364 e. The van der Waals surface area contributed by atoms with E-state index in [1.165, 1.54) is 0 Å². The average Bonchev–Trinajstić information content (AvgIpc) is 2.57. The van der Waals surface area contributed by atoms with E-state index in [2.05, 4.69) is 47.6 Å². The van der Waals surface area contributed by atoms with Crippen molar-refractivity contribution in [2.75, 3.05) is 10.6 Å². The number of benzene rings is 1. The number of nitrogens with zero attached hydrogens (tertiary/aromatic N) is 3. The Kier molecular flexibility index (Phi) is 5.05. The van der Waals surface area contributed by atoms with Crippen molar-refractivity contribution in [3.8, 4) is 0 Å². The van der Waals surface area contributed by atoms with E-state index in [1.54, 1.807) is 6.20 Å². The van der Waals surface area contributed by atoms with Gasteiger partial charge in [0.1, 0.15) is 5.82 Å². The van der Waals surface area contributed by atoms with Crippen LogP contribution in [0.15, 0.2) is 53.1 Å². The molecule has 0 aliphatic carbocycles. The van der Waals surface area contributed by atoms with Crippen molar-refractivity contribution >= 4 is 33.4 Å². The third-order valence-corrected chi connectivity index (χ3v) is 4.33. The molecule has 3 rings (SSSR count). The molecule has 0 unspecified atom stereocenters. The number of hydrogen-bond acceptors (Lipinski definition) is 5. The molecule has 0 atom stereocenters. The van der Waals surface area contributed by atoms with Gasteiger partial charge < -0.3 is 10.6 Å². The summed E-state index contributed by atoms with van der Waals surface area (Å²) in [5.41, 5.74) is 3.97. The van der Waals surface area contributed by atoms with Crippen LogP contribution in [-0.4, -0.2) is 15.0 Å². The molecule has 0 saturated heterocycles. The molecule has 5 nitrogen and oxygen atoms in total. The Morgan fingerprint density at radius 3 is 2.67 bits per heavy atom. The van der Waals surface area contributed by atoms with Crippen LogP contribution in [0.3, 0.4) is 0 Å². The Bertz CT molecular complexity index is 836. The van der Waals surface area contributed by atoms with Crippen molar-refractivity contribution in [1.82, 2.24) is 15.0 Å². The minimum absolute atomic E-state index is 0.570. The van der Waals surface area contributed by atoms with Crippen LogP contribution < -0.4 is 10.6 Å². The van der Waals surface area contributed by atoms with Crippen molar-refractivity contribution in [1.29, 1.82) is 0 Å². The normalized spacial score (nSPS) is 10.5. The van der Waals surface area contributed by atoms with E-state index < -0.39 is 0 Å². The summed E-state index contributed by atoms with van der Waals surface area (Å²) >= 11 is 3.51. The van der Waals surface area contributed by atoms with Gasteiger partial charge in [0.15, 0.2) is 0 Å². The van der Waals surface area contributed by atoms with Crippen LogP contribution in [0, 0.1) is 13.8 Å². The average molecular weight is 384 g/mol. The Balaban J connectivity index is 1.74. The number of aromatic nitrogens is 3. The number of aryl methyl sites for hydroxylation is 2. The topological polar surface area (TPSA) is 62.7 Å². The summed E-state index contributed by atoms with van der Waals surface area (Å²) in [4.78, 5) is 13.3. The number of pyridine rings is 1. The first kappa shape index (κ1) is 16.4. The van der Waals surface area contributed by atoms with E-state index in [9.17, 15) is 0 Å². The molecule has 0 aliphatic heterocycles. The monoisotopic (exact) mass is 383 g/mol. The molecular formula is C18H18BrN5. The predicted octanol–water partition coefficient (Wildman–Crippen LogP) is 4.61. The second-order valence-electron chi connectivity index (χ2n) is 5.48. The van der Waals surface area contributed by atoms with Gasteiger partial charge >= 0.3 is 0 Å². The zero-order chi connectivity index (χ0) is 16.9. The Labute approximate surface area is 149 Å². The van der Waals surface area contributed by atoms with E-state index in [1.807, 2.05) is 50.2 Å². The maximum Gasteiger partial charge on any atom is 0.229 e. The molecule has 2 heterocycles. The zero-order valence-electron chi connectivity index (χ0n) is 13.5. The Morgan fingerprint density at radius 2 is 1.92 bits per heavy atom. The fraction of sp³-hybridized carbons (Fsp3) is 0.167. The molecule has 0 aliphatic rings. The lowest BCUT2D eigenvalue weighted by atomic mass is 10.2. The summed E-state index contributed by atoms with van der Waals surface area (Å²) in [6, 6.07) is 13.8. The lowest BCUT2D eigenvalue weighted by Crippen LogP contribution is -2.06. The van der Waals surface area contributed by atoms with Crippen LogP contribution in [-0.2, 0) is 6.54 Å². The molecule has 0 spiro atoms. The summed E-state index contributed by atoms with van der Waals surface area (Å²) in [5, 5.41) is 6.54. The molecule has 1 aromatic carbocycles. The van der Waals surface area contributed by atoms with Gasteiger partial charge in [-0.25, -0.2) is 4.98 Å².